The van der Waals surface area contributed by atoms with Crippen molar-refractivity contribution in [3.05, 3.63) is 30.0 Å². The summed E-state index contributed by atoms with van der Waals surface area (Å²) in [6, 6.07) is 4.72. The van der Waals surface area contributed by atoms with Crippen molar-refractivity contribution in [3.63, 3.8) is 0 Å². The van der Waals surface area contributed by atoms with Crippen LogP contribution in [0.3, 0.4) is 0 Å². The third-order valence-corrected chi connectivity index (χ3v) is 8.48. The van der Waals surface area contributed by atoms with Crippen molar-refractivity contribution >= 4 is 40.9 Å². The lowest BCUT2D eigenvalue weighted by molar-refractivity contribution is -0.140. The number of anilines is 4. The third-order valence-electron chi connectivity index (χ3n) is 8.48. The normalized spacial score (nSPS) is 19.2. The molecule has 1 aromatic heterocycles. The van der Waals surface area contributed by atoms with Crippen LogP contribution in [0.2, 0.25) is 0 Å². The SMILES string of the molecule is COc1cc(C(=O)NC2CCN(C(=O)CN(C)C)CC2)ccc1Nc1ncc2c(n1)N(C1CCCC1)CC(F)(F)C(=O)N2C. The van der Waals surface area contributed by atoms with Crippen molar-refractivity contribution in [3.8, 4) is 5.75 Å². The van der Waals surface area contributed by atoms with Crippen molar-refractivity contribution in [1.82, 2.24) is 25.1 Å². The number of methoxy groups -OCH3 is 1. The number of piperidine rings is 1. The van der Waals surface area contributed by atoms with E-state index in [1.165, 1.54) is 20.4 Å². The van der Waals surface area contributed by atoms with Gasteiger partial charge >= 0.3 is 5.92 Å². The molecule has 0 bridgehead atoms. The molecule has 1 saturated carbocycles. The van der Waals surface area contributed by atoms with Gasteiger partial charge in [-0.25, -0.2) is 4.98 Å². The Morgan fingerprint density at radius 3 is 2.50 bits per heavy atom. The predicted molar refractivity (Wildman–Crippen MR) is 162 cm³/mol. The highest BCUT2D eigenvalue weighted by molar-refractivity contribution is 6.02. The van der Waals surface area contributed by atoms with Gasteiger partial charge in [-0.15, -0.1) is 0 Å². The van der Waals surface area contributed by atoms with Crippen molar-refractivity contribution < 1.29 is 27.9 Å². The number of hydrogen-bond acceptors (Lipinski definition) is 9. The fraction of sp³-hybridized carbons (Fsp3) is 0.567. The Morgan fingerprint density at radius 2 is 1.84 bits per heavy atom. The number of aromatic nitrogens is 2. The fourth-order valence-electron chi connectivity index (χ4n) is 6.07. The molecule has 12 nitrogen and oxygen atoms in total. The van der Waals surface area contributed by atoms with Gasteiger partial charge in [0.1, 0.15) is 11.4 Å². The molecule has 2 aromatic rings. The maximum absolute atomic E-state index is 14.9. The first-order valence-electron chi connectivity index (χ1n) is 14.9. The molecule has 44 heavy (non-hydrogen) atoms. The maximum atomic E-state index is 14.9. The molecule has 2 aliphatic heterocycles. The van der Waals surface area contributed by atoms with Gasteiger partial charge in [-0.3, -0.25) is 14.4 Å². The number of rotatable bonds is 8. The first-order chi connectivity index (χ1) is 21.0. The molecule has 2 N–H and O–H groups in total. The molecule has 0 radical (unpaired) electrons. The molecule has 0 spiro atoms. The number of nitrogens with zero attached hydrogens (tertiary/aromatic N) is 6. The van der Waals surface area contributed by atoms with Crippen LogP contribution in [-0.4, -0.2) is 110 Å². The van der Waals surface area contributed by atoms with Crippen LogP contribution in [-0.2, 0) is 9.59 Å². The monoisotopic (exact) mass is 614 g/mol. The van der Waals surface area contributed by atoms with Gasteiger partial charge in [0.2, 0.25) is 11.9 Å². The zero-order chi connectivity index (χ0) is 31.6. The standard InChI is InChI=1S/C30H40F2N8O4/c1-37(2)17-25(41)39-13-11-20(12-14-39)34-27(42)19-9-10-22(24(15-19)44-4)35-29-33-16-23-26(36-29)40(21-7-5-6-8-21)18-30(31,32)28(43)38(23)3/h9-10,15-16,20-21H,5-8,11-14,17-18H2,1-4H3,(H,34,42)(H,33,35,36). The molecule has 2 fully saturated rings. The molecule has 238 valence electrons. The molecular weight excluding hydrogens is 574 g/mol. The number of likely N-dealkylation sites (N-methyl/N-ethyl adjacent to an activating group) is 1. The van der Waals surface area contributed by atoms with Crippen LogP contribution in [0.4, 0.5) is 31.9 Å². The Kier molecular flexibility index (Phi) is 9.18. The summed E-state index contributed by atoms with van der Waals surface area (Å²) < 4.78 is 35.4. The lowest BCUT2D eigenvalue weighted by Crippen LogP contribution is -2.48. The second-order valence-corrected chi connectivity index (χ2v) is 11.9. The molecule has 0 unspecified atom stereocenters. The average molecular weight is 615 g/mol. The van der Waals surface area contributed by atoms with E-state index in [2.05, 4.69) is 20.6 Å². The number of ether oxygens (including phenoxy) is 1. The Bertz CT molecular complexity index is 1390. The third kappa shape index (κ3) is 6.69. The summed E-state index contributed by atoms with van der Waals surface area (Å²) in [5.74, 6) is -4.25. The Morgan fingerprint density at radius 1 is 1.14 bits per heavy atom. The lowest BCUT2D eigenvalue weighted by atomic mass is 10.0. The van der Waals surface area contributed by atoms with Crippen molar-refractivity contribution in [1.29, 1.82) is 0 Å². The van der Waals surface area contributed by atoms with Crippen LogP contribution in [0.5, 0.6) is 5.75 Å². The number of fused-ring (bicyclic) bond motifs is 1. The van der Waals surface area contributed by atoms with Crippen molar-refractivity contribution in [2.45, 2.75) is 56.5 Å². The molecule has 3 aliphatic rings. The number of carbonyl (C=O) groups excluding carboxylic acids is 3. The molecule has 3 amide bonds. The summed E-state index contributed by atoms with van der Waals surface area (Å²) in [6.45, 7) is 0.788. The quantitative estimate of drug-likeness (QED) is 0.462. The number of benzene rings is 1. The first-order valence-corrected chi connectivity index (χ1v) is 14.9. The van der Waals surface area contributed by atoms with E-state index in [9.17, 15) is 23.2 Å². The van der Waals surface area contributed by atoms with E-state index in [0.29, 0.717) is 49.5 Å². The van der Waals surface area contributed by atoms with E-state index in [4.69, 9.17) is 4.74 Å². The van der Waals surface area contributed by atoms with Crippen LogP contribution >= 0.6 is 0 Å². The van der Waals surface area contributed by atoms with Gasteiger partial charge in [-0.05, 0) is 58.0 Å². The van der Waals surface area contributed by atoms with Crippen LogP contribution in [0, 0.1) is 0 Å². The summed E-state index contributed by atoms with van der Waals surface area (Å²) in [6.07, 6.45) is 6.05. The Labute approximate surface area is 255 Å². The minimum absolute atomic E-state index is 0.0529. The molecule has 0 atom stereocenters. The van der Waals surface area contributed by atoms with Gasteiger partial charge < -0.3 is 35.0 Å². The summed E-state index contributed by atoms with van der Waals surface area (Å²) in [5.41, 5.74) is 1.10. The van der Waals surface area contributed by atoms with Gasteiger partial charge in [0.25, 0.3) is 11.8 Å². The number of nitrogens with one attached hydrogen (secondary N) is 2. The van der Waals surface area contributed by atoms with E-state index in [-0.39, 0.29) is 41.4 Å². The largest absolute Gasteiger partial charge is 0.495 e. The number of amides is 3. The minimum atomic E-state index is -3.56. The highest BCUT2D eigenvalue weighted by atomic mass is 19.3. The predicted octanol–water partition coefficient (Wildman–Crippen LogP) is 2.87. The summed E-state index contributed by atoms with van der Waals surface area (Å²) >= 11 is 0. The van der Waals surface area contributed by atoms with Gasteiger partial charge in [0.15, 0.2) is 5.82 Å². The van der Waals surface area contributed by atoms with Gasteiger partial charge in [0, 0.05) is 37.8 Å². The first kappa shape index (κ1) is 31.4. The van der Waals surface area contributed by atoms with Crippen LogP contribution in [0.1, 0.15) is 48.9 Å². The molecular formula is C30H40F2N8O4. The molecule has 5 rings (SSSR count). The van der Waals surface area contributed by atoms with Crippen LogP contribution in [0.15, 0.2) is 24.4 Å². The Hall–Kier alpha value is -4.07. The lowest BCUT2D eigenvalue weighted by Gasteiger charge is -2.33. The van der Waals surface area contributed by atoms with Crippen molar-refractivity contribution in [2.75, 3.05) is 69.5 Å². The van der Waals surface area contributed by atoms with E-state index in [1.807, 2.05) is 23.9 Å². The van der Waals surface area contributed by atoms with Gasteiger partial charge in [-0.1, -0.05) is 12.8 Å². The number of alkyl halides is 2. The second-order valence-electron chi connectivity index (χ2n) is 11.9. The fourth-order valence-corrected chi connectivity index (χ4v) is 6.07. The molecule has 1 aromatic carbocycles. The average Bonchev–Trinajstić information content (AvgIpc) is 3.52. The molecule has 1 aliphatic carbocycles. The smallest absolute Gasteiger partial charge is 0.342 e. The van der Waals surface area contributed by atoms with Gasteiger partial charge in [-0.2, -0.15) is 13.8 Å². The van der Waals surface area contributed by atoms with Crippen LogP contribution < -0.4 is 25.2 Å². The minimum Gasteiger partial charge on any atom is -0.495 e. The summed E-state index contributed by atoms with van der Waals surface area (Å²) in [5, 5.41) is 6.15. The second kappa shape index (κ2) is 12.9. The Balaban J connectivity index is 1.30. The highest BCUT2D eigenvalue weighted by Crippen LogP contribution is 2.40. The topological polar surface area (TPSA) is 123 Å². The zero-order valence-electron chi connectivity index (χ0n) is 25.6. The van der Waals surface area contributed by atoms with E-state index < -0.39 is 18.4 Å². The van der Waals surface area contributed by atoms with Gasteiger partial charge in [0.05, 0.1) is 32.1 Å². The zero-order valence-corrected chi connectivity index (χ0v) is 25.6. The number of likely N-dealkylation sites (tertiary alicyclic amines) is 1. The summed E-state index contributed by atoms with van der Waals surface area (Å²) in [7, 11) is 6.50. The molecule has 14 heteroatoms. The molecule has 1 saturated heterocycles. The van der Waals surface area contributed by atoms with E-state index >= 15 is 0 Å². The number of carbonyl (C=O) groups is 3. The van der Waals surface area contributed by atoms with E-state index in [0.717, 1.165) is 30.6 Å². The van der Waals surface area contributed by atoms with E-state index in [1.54, 1.807) is 23.1 Å². The van der Waals surface area contributed by atoms with Crippen LogP contribution in [0.25, 0.3) is 0 Å². The van der Waals surface area contributed by atoms with Crippen molar-refractivity contribution in [2.24, 2.45) is 0 Å². The summed E-state index contributed by atoms with van der Waals surface area (Å²) in [4.78, 5) is 53.0. The number of hydrogen-bond donors (Lipinski definition) is 2. The maximum Gasteiger partial charge on any atom is 0.342 e. The molecule has 3 heterocycles. The highest BCUT2D eigenvalue weighted by Gasteiger charge is 2.48. The number of halogens is 2.